The monoisotopic (exact) mass is 1590 g/mol. The van der Waals surface area contributed by atoms with Crippen LogP contribution in [0.15, 0.2) is 12.4 Å². The van der Waals surface area contributed by atoms with Crippen molar-refractivity contribution in [1.29, 1.82) is 0 Å². The third kappa shape index (κ3) is 38.4. The first-order valence-electron chi connectivity index (χ1n) is 24.4. The normalized spacial score (nSPS) is 10.8. The molecule has 0 saturated heterocycles. The third-order valence-corrected chi connectivity index (χ3v) is 12.4. The van der Waals surface area contributed by atoms with Crippen LogP contribution in [0.2, 0.25) is 0 Å². The second-order valence-electron chi connectivity index (χ2n) is 14.6. The molecule has 0 amide bonds. The van der Waals surface area contributed by atoms with Crippen molar-refractivity contribution in [3.8, 4) is 0 Å². The maximum absolute atomic E-state index is 12.8. The molecule has 0 N–H and O–H groups in total. The molecule has 3 rings (SSSR count). The van der Waals surface area contributed by atoms with E-state index >= 15 is 0 Å². The van der Waals surface area contributed by atoms with Crippen LogP contribution in [0.1, 0.15) is 86.7 Å². The van der Waals surface area contributed by atoms with Gasteiger partial charge in [-0.05, 0) is 34.6 Å². The maximum atomic E-state index is 12.8. The average molecular weight is 1590 g/mol. The zero-order chi connectivity index (χ0) is 77.4. The summed E-state index contributed by atoms with van der Waals surface area (Å²) in [5.41, 5.74) is -6.54. The van der Waals surface area contributed by atoms with Crippen molar-refractivity contribution in [2.75, 3.05) is 33.0 Å². The number of esters is 5. The van der Waals surface area contributed by atoms with E-state index in [2.05, 4.69) is 87.7 Å². The summed E-state index contributed by atoms with van der Waals surface area (Å²) in [6.45, 7) is 59.0. The van der Waals surface area contributed by atoms with E-state index in [4.69, 9.17) is 52.6 Å². The molecule has 0 aromatic carbocycles. The summed E-state index contributed by atoms with van der Waals surface area (Å²) in [7, 11) is 0. The first kappa shape index (κ1) is 105. The van der Waals surface area contributed by atoms with Crippen molar-refractivity contribution in [2.45, 2.75) is 88.6 Å². The van der Waals surface area contributed by atoms with Crippen LogP contribution in [0.4, 0.5) is 111 Å². The number of aldehydes is 1. The second kappa shape index (κ2) is 51.1. The van der Waals surface area contributed by atoms with Gasteiger partial charge in [0.25, 0.3) is 11.6 Å². The van der Waals surface area contributed by atoms with Crippen molar-refractivity contribution >= 4 is 215 Å². The molecule has 0 fully saturated rings. The van der Waals surface area contributed by atoms with Crippen molar-refractivity contribution in [1.82, 2.24) is 0 Å². The Labute approximate surface area is 613 Å². The molecular formula is C50H38F18N8Na2O14S7. The summed E-state index contributed by atoms with van der Waals surface area (Å²) in [6.07, 6.45) is -28.6. The third-order valence-electron chi connectivity index (χ3n) is 8.36. The number of rotatable bonds is 14. The van der Waals surface area contributed by atoms with E-state index in [0.717, 1.165) is 12.4 Å². The number of carbonyl (C=O) groups is 9. The Hall–Kier alpha value is -7.07. The van der Waals surface area contributed by atoms with Gasteiger partial charge < -0.3 is 23.7 Å². The first-order valence-corrected chi connectivity index (χ1v) is 35.9. The Kier molecular flexibility index (Phi) is 54.4. The van der Waals surface area contributed by atoms with Gasteiger partial charge in [0, 0.05) is 0 Å². The summed E-state index contributed by atoms with van der Waals surface area (Å²) in [5, 5.41) is -5.49. The van der Waals surface area contributed by atoms with Gasteiger partial charge in [0.15, 0.2) is 29.2 Å². The summed E-state index contributed by atoms with van der Waals surface area (Å²) < 4.78 is 240. The number of thiol groups is 2. The zero-order valence-corrected chi connectivity index (χ0v) is 60.6. The van der Waals surface area contributed by atoms with Crippen LogP contribution >= 0.6 is 86.3 Å². The fourth-order valence-corrected chi connectivity index (χ4v) is 8.01. The van der Waals surface area contributed by atoms with Crippen molar-refractivity contribution in [3.63, 3.8) is 0 Å². The topological polar surface area (TPSA) is 235 Å². The van der Waals surface area contributed by atoms with E-state index in [1.165, 1.54) is 78.2 Å². The van der Waals surface area contributed by atoms with Crippen LogP contribution in [0, 0.1) is 52.6 Å². The Morgan fingerprint density at radius 3 is 0.929 bits per heavy atom. The standard InChI is InChI=1S/2C10H5F3N2O2S.C8HF3N2OS.2C6H7F3O3S.C6H7F3O3.C4H2N2.2Na.2H2S/c2*1-4-17-9(16)7-5(10(11,12)13)6(14-2)8(15-3)18-7;1-12-6-5(8(9,10)11)4(3-14)15-7(6)13-2;2*1-2-12-5(11)3(13)4(10)6(7,8)9;1-2-12-5(11)3-4(10)6(7,8)9;1-5-3-4-6-2;;;;/h2*4H2,1H3;3H;2*3,13H,2H2,1H3;2-3H2,1H3;3-4H;;;2*1H2/b;;;;;;4-3-;;;;. The number of thiophene rings is 3. The zero-order valence-electron chi connectivity index (χ0n) is 50.3. The molecule has 532 valence electrons. The Bertz CT molecular complexity index is 3470. The van der Waals surface area contributed by atoms with Crippen molar-refractivity contribution in [3.05, 3.63) is 135 Å². The second-order valence-corrected chi connectivity index (χ2v) is 18.7. The van der Waals surface area contributed by atoms with Crippen LogP contribution in [-0.4, -0.2) is 159 Å². The average Bonchev–Trinajstić information content (AvgIpc) is 1.65. The predicted octanol–water partition coefficient (Wildman–Crippen LogP) is 15.6. The molecule has 3 heterocycles. The molecule has 3 aromatic rings. The van der Waals surface area contributed by atoms with Crippen LogP contribution in [0.3, 0.4) is 0 Å². The van der Waals surface area contributed by atoms with Gasteiger partial charge in [-0.1, -0.05) is 0 Å². The van der Waals surface area contributed by atoms with Gasteiger partial charge >= 0.3 is 111 Å². The Morgan fingerprint density at radius 1 is 0.444 bits per heavy atom. The summed E-state index contributed by atoms with van der Waals surface area (Å²) in [4.78, 5) is 116. The molecule has 49 heteroatoms. The number of carbonyl (C=O) groups excluding carboxylic acids is 9. The molecule has 0 spiro atoms. The minimum absolute atomic E-state index is 0. The number of hydrogen-bond donors (Lipinski definition) is 2. The molecule has 0 radical (unpaired) electrons. The van der Waals surface area contributed by atoms with Gasteiger partial charge in [0.1, 0.15) is 6.42 Å². The quantitative estimate of drug-likeness (QED) is 0.0223. The summed E-state index contributed by atoms with van der Waals surface area (Å²) >= 11 is 10.3. The summed E-state index contributed by atoms with van der Waals surface area (Å²) in [6, 6.07) is 0. The molecule has 0 saturated carbocycles. The fraction of sp³-hybridized carbons (Fsp3) is 0.380. The Morgan fingerprint density at radius 2 is 0.717 bits per heavy atom. The van der Waals surface area contributed by atoms with Crippen LogP contribution in [-0.2, 0) is 71.0 Å². The van der Waals surface area contributed by atoms with Gasteiger partial charge in [0.05, 0.1) is 117 Å². The molecule has 2 atom stereocenters. The minimum atomic E-state index is -5.06. The molecular weight excluding hydrogens is 1550 g/mol. The Balaban J connectivity index is -0.000000201. The molecule has 22 nitrogen and oxygen atoms in total. The van der Waals surface area contributed by atoms with Gasteiger partial charge in [-0.25, -0.2) is 38.7 Å². The molecule has 0 aliphatic carbocycles. The predicted molar refractivity (Wildman–Crippen MR) is 331 cm³/mol. The van der Waals surface area contributed by atoms with Crippen LogP contribution in [0.5, 0.6) is 0 Å². The number of ether oxygens (including phenoxy) is 5. The van der Waals surface area contributed by atoms with Gasteiger partial charge in [0.2, 0.25) is 37.8 Å². The number of ketones is 3. The van der Waals surface area contributed by atoms with E-state index in [1.807, 2.05) is 0 Å². The first-order chi connectivity index (χ1) is 44.6. The number of hydrogen-bond acceptors (Lipinski definition) is 19. The molecule has 0 aliphatic rings. The van der Waals surface area contributed by atoms with Crippen LogP contribution < -0.4 is 0 Å². The molecule has 0 aliphatic heterocycles. The van der Waals surface area contributed by atoms with Crippen LogP contribution in [0.25, 0.3) is 38.8 Å². The SMILES string of the molecule is CCOC(=O)C(S)C(=O)C(F)(F)F.CCOC(=O)C(S)C(=O)C(F)(F)F.CCOC(=O)CC(=O)C(F)(F)F.S.S.[C-]#[N+]/C=C\[N+]#[C-].[C-]#[N+]c1sc(C(=O)OCC)c(C(F)(F)F)c1[N+]#[C-].[C-]#[N+]c1sc(C(=O)OCC)c(C(F)(F)F)c1[N+]#[C-].[C-]#[N+]c1sc(C=O)c(C(F)(F)F)c1[N+]#[C-].[Na][Na]. The molecule has 0 bridgehead atoms. The molecule has 2 unspecified atom stereocenters. The van der Waals surface area contributed by atoms with E-state index in [0.29, 0.717) is 34.0 Å². The van der Waals surface area contributed by atoms with E-state index in [-0.39, 0.29) is 66.3 Å². The molecule has 3 aromatic heterocycles. The van der Waals surface area contributed by atoms with E-state index < -0.39 is 165 Å². The molecule has 99 heavy (non-hydrogen) atoms. The van der Waals surface area contributed by atoms with Crippen molar-refractivity contribution in [2.24, 2.45) is 0 Å². The number of nitrogens with zero attached hydrogens (tertiary/aromatic N) is 8. The number of halogens is 18. The van der Waals surface area contributed by atoms with Gasteiger partial charge in [-0.2, -0.15) is 165 Å². The van der Waals surface area contributed by atoms with Crippen molar-refractivity contribution < 1.29 is 146 Å². The fourth-order valence-electron chi connectivity index (χ4n) is 4.83. The van der Waals surface area contributed by atoms with E-state index in [9.17, 15) is 122 Å². The number of alkyl halides is 18. The number of Topliss-reactive ketones (excluding diaryl/α,β-unsaturated/α-hetero) is 3. The van der Waals surface area contributed by atoms with Gasteiger partial charge in [-0.15, -0.1) is 0 Å². The van der Waals surface area contributed by atoms with Gasteiger partial charge in [-0.3, -0.25) is 43.3 Å². The van der Waals surface area contributed by atoms with E-state index in [1.54, 1.807) is 0 Å². The summed E-state index contributed by atoms with van der Waals surface area (Å²) in [5.74, 6) is -12.6.